The molecule has 3 amide bonds. The number of amides is 3. The highest BCUT2D eigenvalue weighted by Crippen LogP contribution is 2.30. The molecule has 210 valence electrons. The van der Waals surface area contributed by atoms with Crippen molar-refractivity contribution in [3.63, 3.8) is 0 Å². The van der Waals surface area contributed by atoms with Gasteiger partial charge in [0.15, 0.2) is 0 Å². The van der Waals surface area contributed by atoms with Crippen molar-refractivity contribution in [3.05, 3.63) is 48.0 Å². The van der Waals surface area contributed by atoms with E-state index in [0.717, 1.165) is 36.5 Å². The first-order valence-corrected chi connectivity index (χ1v) is 14.5. The van der Waals surface area contributed by atoms with E-state index in [-0.39, 0.29) is 30.7 Å². The average Bonchev–Trinajstić information content (AvgIpc) is 3.32. The van der Waals surface area contributed by atoms with Gasteiger partial charge in [0.1, 0.15) is 12.1 Å². The Bertz CT molecular complexity index is 1160. The third-order valence-electron chi connectivity index (χ3n) is 8.09. The van der Waals surface area contributed by atoms with E-state index in [4.69, 9.17) is 11.6 Å². The zero-order valence-electron chi connectivity index (χ0n) is 22.7. The second kappa shape index (κ2) is 13.2. The lowest BCUT2D eigenvalue weighted by atomic mass is 9.73. The average molecular weight is 556 g/mol. The lowest BCUT2D eigenvalue weighted by Gasteiger charge is -2.32. The van der Waals surface area contributed by atoms with Crippen LogP contribution < -0.4 is 10.6 Å². The van der Waals surface area contributed by atoms with E-state index in [1.165, 1.54) is 11.3 Å². The van der Waals surface area contributed by atoms with Crippen LogP contribution in [0.5, 0.6) is 0 Å². The first kappa shape index (κ1) is 29.4. The van der Waals surface area contributed by atoms with Gasteiger partial charge in [0, 0.05) is 12.1 Å². The van der Waals surface area contributed by atoms with Crippen molar-refractivity contribution in [2.45, 2.75) is 82.2 Å². The monoisotopic (exact) mass is 555 g/mol. The summed E-state index contributed by atoms with van der Waals surface area (Å²) in [4.78, 5) is 42.1. The fourth-order valence-corrected chi connectivity index (χ4v) is 6.19. The molecule has 1 heterocycles. The number of nitrogens with zero attached hydrogens (tertiary/aromatic N) is 1. The van der Waals surface area contributed by atoms with Crippen LogP contribution >= 0.6 is 11.6 Å². The highest BCUT2D eigenvalue weighted by molar-refractivity contribution is 6.43. The minimum atomic E-state index is -1.73. The number of carbonyl (C=O) groups excluding carboxylic acids is 3. The smallest absolute Gasteiger partial charge is 0.426 e. The lowest BCUT2D eigenvalue weighted by Crippen LogP contribution is -2.57. The minimum Gasteiger partial charge on any atom is -0.426 e. The number of nitrogens with one attached hydrogen (secondary N) is 2. The van der Waals surface area contributed by atoms with Crippen molar-refractivity contribution in [1.29, 1.82) is 0 Å². The normalized spacial score (nSPS) is 21.5. The highest BCUT2D eigenvalue weighted by Gasteiger charge is 2.43. The molecule has 1 saturated carbocycles. The Labute approximate surface area is 235 Å². The van der Waals surface area contributed by atoms with Crippen LogP contribution in [-0.2, 0) is 9.59 Å². The second-order valence-corrected chi connectivity index (χ2v) is 12.0. The van der Waals surface area contributed by atoms with E-state index in [1.807, 2.05) is 36.4 Å². The topological polar surface area (TPSA) is 119 Å². The summed E-state index contributed by atoms with van der Waals surface area (Å²) in [7, 11) is -1.73. The molecule has 1 aliphatic heterocycles. The molecule has 10 heteroatoms. The molecule has 1 saturated heterocycles. The molecule has 0 spiro atoms. The molecule has 2 aliphatic rings. The summed E-state index contributed by atoms with van der Waals surface area (Å²) in [6.07, 6.45) is 6.13. The second-order valence-electron chi connectivity index (χ2n) is 11.4. The molecule has 4 N–H and O–H groups in total. The van der Waals surface area contributed by atoms with Crippen molar-refractivity contribution < 1.29 is 24.4 Å². The van der Waals surface area contributed by atoms with Crippen molar-refractivity contribution in [1.82, 2.24) is 15.5 Å². The van der Waals surface area contributed by atoms with E-state index >= 15 is 0 Å². The zero-order valence-corrected chi connectivity index (χ0v) is 23.4. The predicted octanol–water partition coefficient (Wildman–Crippen LogP) is 3.27. The van der Waals surface area contributed by atoms with Gasteiger partial charge in [-0.1, -0.05) is 76.3 Å². The van der Waals surface area contributed by atoms with Crippen molar-refractivity contribution >= 4 is 47.2 Å². The minimum absolute atomic E-state index is 0.180. The van der Waals surface area contributed by atoms with Crippen LogP contribution in [0.1, 0.15) is 69.2 Å². The van der Waals surface area contributed by atoms with Gasteiger partial charge in [0.25, 0.3) is 5.91 Å². The Balaban J connectivity index is 1.55. The maximum absolute atomic E-state index is 14.0. The number of hydrogen-bond acceptors (Lipinski definition) is 5. The largest absolute Gasteiger partial charge is 0.475 e. The van der Waals surface area contributed by atoms with Gasteiger partial charge in [-0.15, -0.1) is 11.6 Å². The number of benzene rings is 2. The summed E-state index contributed by atoms with van der Waals surface area (Å²) in [5, 5.41) is 26.7. The molecule has 2 aromatic carbocycles. The van der Waals surface area contributed by atoms with Crippen LogP contribution in [0.25, 0.3) is 10.8 Å². The standard InChI is InChI=1S/C29H39BClN3O5/c1-18(2)26(30(38)39)33-28(36)25-16-23(31)17-34(25)29(37)24(14-19-8-4-3-5-9-19)32-27(35)22-13-12-20-10-6-7-11-21(20)15-22/h6-7,10-13,15,18-19,23-26,38-39H,3-5,8-9,14,16-17H2,1-2H3,(H,32,35)(H,33,36)/t23-,24+,25-,26-/m0/s1. The van der Waals surface area contributed by atoms with Gasteiger partial charge < -0.3 is 25.6 Å². The summed E-state index contributed by atoms with van der Waals surface area (Å²) in [5.74, 6) is -1.94. The molecular formula is C29H39BClN3O5. The van der Waals surface area contributed by atoms with E-state index in [9.17, 15) is 24.4 Å². The zero-order chi connectivity index (χ0) is 28.1. The number of rotatable bonds is 9. The fraction of sp³-hybridized carbons (Fsp3) is 0.552. The summed E-state index contributed by atoms with van der Waals surface area (Å²) < 4.78 is 0. The summed E-state index contributed by atoms with van der Waals surface area (Å²) in [5.41, 5.74) is 0.470. The Hall–Kier alpha value is -2.62. The number of likely N-dealkylation sites (tertiary alicyclic amines) is 1. The van der Waals surface area contributed by atoms with Gasteiger partial charge in [-0.3, -0.25) is 14.4 Å². The quantitative estimate of drug-likeness (QED) is 0.280. The molecule has 4 rings (SSSR count). The molecule has 0 aromatic heterocycles. The fourth-order valence-electron chi connectivity index (χ4n) is 5.87. The Morgan fingerprint density at radius 3 is 2.38 bits per heavy atom. The molecule has 0 unspecified atom stereocenters. The number of halogens is 1. The highest BCUT2D eigenvalue weighted by atomic mass is 35.5. The molecule has 2 aromatic rings. The number of hydrogen-bond donors (Lipinski definition) is 4. The molecule has 0 bridgehead atoms. The van der Waals surface area contributed by atoms with Crippen LogP contribution in [0.4, 0.5) is 0 Å². The number of alkyl halides is 1. The van der Waals surface area contributed by atoms with Gasteiger partial charge in [-0.25, -0.2) is 0 Å². The summed E-state index contributed by atoms with van der Waals surface area (Å²) >= 11 is 6.45. The third-order valence-corrected chi connectivity index (χ3v) is 8.41. The van der Waals surface area contributed by atoms with Gasteiger partial charge in [0.2, 0.25) is 11.8 Å². The van der Waals surface area contributed by atoms with Crippen molar-refractivity contribution in [3.8, 4) is 0 Å². The van der Waals surface area contributed by atoms with E-state index in [0.29, 0.717) is 17.9 Å². The van der Waals surface area contributed by atoms with E-state index < -0.39 is 36.4 Å². The van der Waals surface area contributed by atoms with E-state index in [2.05, 4.69) is 10.6 Å². The van der Waals surface area contributed by atoms with Crippen LogP contribution in [0.3, 0.4) is 0 Å². The molecule has 2 fully saturated rings. The maximum Gasteiger partial charge on any atom is 0.475 e. The first-order valence-electron chi connectivity index (χ1n) is 14.0. The van der Waals surface area contributed by atoms with Crippen LogP contribution in [0, 0.1) is 11.8 Å². The van der Waals surface area contributed by atoms with Gasteiger partial charge in [-0.2, -0.15) is 0 Å². The maximum atomic E-state index is 14.0. The lowest BCUT2D eigenvalue weighted by molar-refractivity contribution is -0.140. The van der Waals surface area contributed by atoms with E-state index in [1.54, 1.807) is 19.9 Å². The molecule has 39 heavy (non-hydrogen) atoms. The van der Waals surface area contributed by atoms with Crippen molar-refractivity contribution in [2.24, 2.45) is 11.8 Å². The summed E-state index contributed by atoms with van der Waals surface area (Å²) in [6.45, 7) is 3.73. The summed E-state index contributed by atoms with van der Waals surface area (Å²) in [6, 6.07) is 11.6. The third kappa shape index (κ3) is 7.32. The van der Waals surface area contributed by atoms with Crippen LogP contribution in [0.15, 0.2) is 42.5 Å². The number of carbonyl (C=O) groups is 3. The predicted molar refractivity (Wildman–Crippen MR) is 153 cm³/mol. The molecular weight excluding hydrogens is 517 g/mol. The van der Waals surface area contributed by atoms with Gasteiger partial charge >= 0.3 is 7.12 Å². The molecule has 4 atom stereocenters. The van der Waals surface area contributed by atoms with Crippen LogP contribution in [-0.4, -0.2) is 69.7 Å². The molecule has 0 radical (unpaired) electrons. The Morgan fingerprint density at radius 1 is 1.03 bits per heavy atom. The molecule has 8 nitrogen and oxygen atoms in total. The molecule has 1 aliphatic carbocycles. The van der Waals surface area contributed by atoms with Crippen molar-refractivity contribution in [2.75, 3.05) is 6.54 Å². The Kier molecular flexibility index (Phi) is 9.91. The Morgan fingerprint density at radius 2 is 1.72 bits per heavy atom. The van der Waals surface area contributed by atoms with Gasteiger partial charge in [-0.05, 0) is 47.6 Å². The number of fused-ring (bicyclic) bond motifs is 1. The SMILES string of the molecule is CC(C)[C@H](NC(=O)[C@@H]1C[C@H](Cl)CN1C(=O)[C@@H](CC1CCCCC1)NC(=O)c1ccc2ccccc2c1)B(O)O. The van der Waals surface area contributed by atoms with Gasteiger partial charge in [0.05, 0.1) is 11.3 Å². The van der Waals surface area contributed by atoms with Crippen LogP contribution in [0.2, 0.25) is 0 Å². The first-order chi connectivity index (χ1) is 18.6.